The fraction of sp³-hybridized carbons (Fsp3) is 0.231. The fourth-order valence-corrected chi connectivity index (χ4v) is 2.87. The molecule has 1 aliphatic heterocycles. The second-order valence-corrected chi connectivity index (χ2v) is 5.55. The number of hydrogen-bond acceptors (Lipinski definition) is 3. The summed E-state index contributed by atoms with van der Waals surface area (Å²) in [5, 5.41) is 3.88. The van der Waals surface area contributed by atoms with Crippen LogP contribution in [0, 0.1) is 6.92 Å². The number of carbonyl (C=O) groups excluding carboxylic acids is 2. The number of rotatable bonds is 2. The Kier molecular flexibility index (Phi) is 4.17. The highest BCUT2D eigenvalue weighted by Crippen LogP contribution is 2.28. The van der Waals surface area contributed by atoms with Gasteiger partial charge in [-0.05, 0) is 18.6 Å². The first-order chi connectivity index (χ1) is 8.99. The van der Waals surface area contributed by atoms with E-state index in [-0.39, 0.29) is 11.8 Å². The summed E-state index contributed by atoms with van der Waals surface area (Å²) in [5.74, 6) is 0.0824. The summed E-state index contributed by atoms with van der Waals surface area (Å²) in [4.78, 5) is 24.7. The molecule has 1 N–H and O–H groups in total. The Bertz CT molecular complexity index is 552. The van der Waals surface area contributed by atoms with E-state index in [1.165, 1.54) is 22.7 Å². The molecule has 0 bridgehead atoms. The van der Waals surface area contributed by atoms with Gasteiger partial charge in [0.05, 0.1) is 21.5 Å². The number of para-hydroxylation sites is 1. The molecule has 0 radical (unpaired) electrons. The minimum Gasteiger partial charge on any atom is -0.321 e. The largest absolute Gasteiger partial charge is 0.321 e. The molecule has 1 heterocycles. The molecule has 1 aliphatic rings. The molecule has 1 saturated heterocycles. The molecule has 19 heavy (non-hydrogen) atoms. The molecule has 0 aliphatic carbocycles. The molecule has 2 rings (SSSR count). The van der Waals surface area contributed by atoms with E-state index in [0.717, 1.165) is 5.56 Å². The van der Waals surface area contributed by atoms with Gasteiger partial charge in [-0.25, -0.2) is 0 Å². The molecule has 0 saturated carbocycles. The number of amides is 2. The number of aryl methyl sites for hydroxylation is 1. The molecular weight excluding hydrogens is 284 g/mol. The molecule has 1 aromatic carbocycles. The molecule has 4 nitrogen and oxygen atoms in total. The van der Waals surface area contributed by atoms with Gasteiger partial charge in [0.1, 0.15) is 0 Å². The summed E-state index contributed by atoms with van der Waals surface area (Å²) >= 11 is 7.39. The summed E-state index contributed by atoms with van der Waals surface area (Å²) in [5.41, 5.74) is 1.49. The molecule has 1 fully saturated rings. The predicted octanol–water partition coefficient (Wildman–Crippen LogP) is 2.63. The summed E-state index contributed by atoms with van der Waals surface area (Å²) in [6, 6.07) is 5.41. The van der Waals surface area contributed by atoms with Crippen molar-refractivity contribution >= 4 is 40.9 Å². The van der Waals surface area contributed by atoms with Gasteiger partial charge in [0.2, 0.25) is 5.91 Å². The van der Waals surface area contributed by atoms with Gasteiger partial charge in [-0.2, -0.15) is 0 Å². The van der Waals surface area contributed by atoms with E-state index in [4.69, 9.17) is 11.6 Å². The number of halogens is 1. The van der Waals surface area contributed by atoms with Crippen molar-refractivity contribution in [2.24, 2.45) is 0 Å². The van der Waals surface area contributed by atoms with Gasteiger partial charge in [-0.1, -0.05) is 35.5 Å². The lowest BCUT2D eigenvalue weighted by molar-refractivity contribution is -0.124. The third-order valence-electron chi connectivity index (χ3n) is 2.77. The van der Waals surface area contributed by atoms with Crippen molar-refractivity contribution in [3.05, 3.63) is 39.9 Å². The highest BCUT2D eigenvalue weighted by atomic mass is 35.5. The number of carbonyl (C=O) groups is 2. The minimum atomic E-state index is -0.291. The van der Waals surface area contributed by atoms with Crippen molar-refractivity contribution in [1.29, 1.82) is 0 Å². The van der Waals surface area contributed by atoms with Crippen LogP contribution in [0.25, 0.3) is 0 Å². The maximum atomic E-state index is 11.9. The zero-order chi connectivity index (χ0) is 14.0. The van der Waals surface area contributed by atoms with Crippen LogP contribution in [0.5, 0.6) is 0 Å². The zero-order valence-electron chi connectivity index (χ0n) is 10.6. The van der Waals surface area contributed by atoms with Gasteiger partial charge in [-0.15, -0.1) is 0 Å². The Hall–Kier alpha value is -1.46. The van der Waals surface area contributed by atoms with Crippen LogP contribution in [-0.2, 0) is 9.59 Å². The summed E-state index contributed by atoms with van der Waals surface area (Å²) < 4.78 is 0. The molecule has 6 heteroatoms. The van der Waals surface area contributed by atoms with Crippen molar-refractivity contribution in [2.75, 3.05) is 18.1 Å². The Balaban J connectivity index is 2.14. The van der Waals surface area contributed by atoms with Crippen molar-refractivity contribution < 1.29 is 9.59 Å². The second-order valence-electron chi connectivity index (χ2n) is 4.14. The van der Waals surface area contributed by atoms with Crippen molar-refractivity contribution in [3.8, 4) is 0 Å². The molecule has 0 spiro atoms. The van der Waals surface area contributed by atoms with Gasteiger partial charge in [0.15, 0.2) is 0 Å². The van der Waals surface area contributed by atoms with Crippen LogP contribution in [-0.4, -0.2) is 29.5 Å². The van der Waals surface area contributed by atoms with E-state index in [2.05, 4.69) is 5.32 Å². The lowest BCUT2D eigenvalue weighted by Crippen LogP contribution is -2.20. The van der Waals surface area contributed by atoms with Gasteiger partial charge >= 0.3 is 0 Å². The Morgan fingerprint density at radius 1 is 1.53 bits per heavy atom. The zero-order valence-corrected chi connectivity index (χ0v) is 12.1. The Labute approximate surface area is 120 Å². The quantitative estimate of drug-likeness (QED) is 0.854. The van der Waals surface area contributed by atoms with Crippen LogP contribution in [0.3, 0.4) is 0 Å². The third-order valence-corrected chi connectivity index (χ3v) is 4.17. The number of nitrogens with zero attached hydrogens (tertiary/aromatic N) is 1. The number of benzene rings is 1. The van der Waals surface area contributed by atoms with Crippen LogP contribution < -0.4 is 5.32 Å². The van der Waals surface area contributed by atoms with Crippen molar-refractivity contribution in [2.45, 2.75) is 6.92 Å². The SMILES string of the molecule is Cc1cccc(Cl)c1NC(=O)/C=C1/SCC(=O)N1C. The van der Waals surface area contributed by atoms with E-state index >= 15 is 0 Å². The van der Waals surface area contributed by atoms with E-state index < -0.39 is 0 Å². The standard InChI is InChI=1S/C13H13ClN2O2S/c1-8-4-3-5-9(14)13(8)15-10(17)6-12-16(2)11(18)7-19-12/h3-6H,7H2,1-2H3,(H,15,17)/b12-6+. The molecule has 100 valence electrons. The number of nitrogens with one attached hydrogen (secondary N) is 1. The molecule has 2 amide bonds. The Morgan fingerprint density at radius 3 is 2.84 bits per heavy atom. The first-order valence-corrected chi connectivity index (χ1v) is 7.02. The lowest BCUT2D eigenvalue weighted by Gasteiger charge is -2.11. The number of anilines is 1. The van der Waals surface area contributed by atoms with Gasteiger partial charge in [0, 0.05) is 13.1 Å². The fourth-order valence-electron chi connectivity index (χ4n) is 1.65. The van der Waals surface area contributed by atoms with Crippen molar-refractivity contribution in [1.82, 2.24) is 4.90 Å². The maximum Gasteiger partial charge on any atom is 0.251 e. The first-order valence-electron chi connectivity index (χ1n) is 5.66. The van der Waals surface area contributed by atoms with Crippen LogP contribution in [0.4, 0.5) is 5.69 Å². The van der Waals surface area contributed by atoms with E-state index in [1.54, 1.807) is 13.1 Å². The van der Waals surface area contributed by atoms with Crippen LogP contribution >= 0.6 is 23.4 Å². The minimum absolute atomic E-state index is 0.00188. The number of thioether (sulfide) groups is 1. The summed E-state index contributed by atoms with van der Waals surface area (Å²) in [7, 11) is 1.65. The van der Waals surface area contributed by atoms with E-state index in [0.29, 0.717) is 21.5 Å². The topological polar surface area (TPSA) is 49.4 Å². The van der Waals surface area contributed by atoms with E-state index in [1.807, 2.05) is 19.1 Å². The second kappa shape index (κ2) is 5.67. The van der Waals surface area contributed by atoms with Gasteiger partial charge in [0.25, 0.3) is 5.91 Å². The highest BCUT2D eigenvalue weighted by molar-refractivity contribution is 8.04. The predicted molar refractivity (Wildman–Crippen MR) is 78.1 cm³/mol. The van der Waals surface area contributed by atoms with Crippen LogP contribution in [0.15, 0.2) is 29.3 Å². The third kappa shape index (κ3) is 3.11. The average Bonchev–Trinajstić information content (AvgIpc) is 2.66. The smallest absolute Gasteiger partial charge is 0.251 e. The first kappa shape index (κ1) is 14.0. The normalized spacial score (nSPS) is 17.1. The Morgan fingerprint density at radius 2 is 2.26 bits per heavy atom. The van der Waals surface area contributed by atoms with Crippen LogP contribution in [0.1, 0.15) is 5.56 Å². The number of hydrogen-bond donors (Lipinski definition) is 1. The van der Waals surface area contributed by atoms with Gasteiger partial charge in [-0.3, -0.25) is 9.59 Å². The summed E-state index contributed by atoms with van der Waals surface area (Å²) in [6.07, 6.45) is 1.42. The van der Waals surface area contributed by atoms with Crippen molar-refractivity contribution in [3.63, 3.8) is 0 Å². The molecular formula is C13H13ClN2O2S. The molecule has 0 atom stereocenters. The highest BCUT2D eigenvalue weighted by Gasteiger charge is 2.23. The lowest BCUT2D eigenvalue weighted by atomic mass is 10.2. The monoisotopic (exact) mass is 296 g/mol. The summed E-state index contributed by atoms with van der Waals surface area (Å²) in [6.45, 7) is 1.87. The van der Waals surface area contributed by atoms with Crippen LogP contribution in [0.2, 0.25) is 5.02 Å². The molecule has 0 unspecified atom stereocenters. The average molecular weight is 297 g/mol. The maximum absolute atomic E-state index is 11.9. The van der Waals surface area contributed by atoms with Gasteiger partial charge < -0.3 is 10.2 Å². The molecule has 1 aromatic rings. The van der Waals surface area contributed by atoms with E-state index in [9.17, 15) is 9.59 Å². The molecule has 0 aromatic heterocycles.